The largest absolute Gasteiger partial charge is 0.493 e. The molecule has 0 bridgehead atoms. The number of pyridine rings is 1. The lowest BCUT2D eigenvalue weighted by molar-refractivity contribution is -0.123. The van der Waals surface area contributed by atoms with Crippen molar-refractivity contribution in [3.8, 4) is 11.5 Å². The number of carbonyl (C=O) groups is 2. The molecule has 3 atom stereocenters. The van der Waals surface area contributed by atoms with Crippen LogP contribution in [0.3, 0.4) is 0 Å². The van der Waals surface area contributed by atoms with E-state index in [1.807, 2.05) is 59.5 Å². The van der Waals surface area contributed by atoms with Gasteiger partial charge >= 0.3 is 0 Å². The van der Waals surface area contributed by atoms with E-state index in [0.717, 1.165) is 41.1 Å². The molecule has 6 rings (SSSR count). The lowest BCUT2D eigenvalue weighted by Crippen LogP contribution is -2.46. The summed E-state index contributed by atoms with van der Waals surface area (Å²) in [5.74, 6) is 0.847. The zero-order chi connectivity index (χ0) is 25.5. The highest BCUT2D eigenvalue weighted by Gasteiger charge is 2.48. The minimum Gasteiger partial charge on any atom is -0.493 e. The average Bonchev–Trinajstić information content (AvgIpc) is 3.79. The molecule has 1 aromatic heterocycles. The lowest BCUT2D eigenvalue weighted by Gasteiger charge is -2.39. The summed E-state index contributed by atoms with van der Waals surface area (Å²) in [6, 6.07) is 16.9. The van der Waals surface area contributed by atoms with Gasteiger partial charge in [-0.2, -0.15) is 0 Å². The number of nitrogens with zero attached hydrogens (tertiary/aromatic N) is 3. The monoisotopic (exact) mass is 495 g/mol. The van der Waals surface area contributed by atoms with Gasteiger partial charge in [-0.1, -0.05) is 24.3 Å². The third kappa shape index (κ3) is 4.18. The molecule has 2 saturated carbocycles. The predicted octanol–water partition coefficient (Wildman–Crippen LogP) is 5.43. The molecule has 0 spiro atoms. The molecule has 0 N–H and O–H groups in total. The number of ketones is 1. The van der Waals surface area contributed by atoms with E-state index < -0.39 is 12.0 Å². The van der Waals surface area contributed by atoms with Crippen LogP contribution in [-0.2, 0) is 9.59 Å². The number of methoxy groups -OCH3 is 2. The first kappa shape index (κ1) is 23.4. The van der Waals surface area contributed by atoms with E-state index >= 15 is 0 Å². The molecule has 2 aliphatic carbocycles. The first-order valence-corrected chi connectivity index (χ1v) is 12.7. The Bertz CT molecular complexity index is 1380. The maximum absolute atomic E-state index is 14.0. The molecular weight excluding hydrogens is 466 g/mol. The molecule has 2 aromatic carbocycles. The fourth-order valence-corrected chi connectivity index (χ4v) is 5.71. The Balaban J connectivity index is 1.47. The Kier molecular flexibility index (Phi) is 5.99. The Hall–Kier alpha value is -4.00. The third-order valence-electron chi connectivity index (χ3n) is 7.68. The molecule has 2 fully saturated rings. The van der Waals surface area contributed by atoms with Gasteiger partial charge in [0.15, 0.2) is 11.5 Å². The van der Waals surface area contributed by atoms with Gasteiger partial charge in [0.1, 0.15) is 5.78 Å². The van der Waals surface area contributed by atoms with Gasteiger partial charge in [0, 0.05) is 30.4 Å². The topological polar surface area (TPSA) is 81.1 Å². The molecule has 3 aliphatic rings. The van der Waals surface area contributed by atoms with E-state index in [-0.39, 0.29) is 23.5 Å². The normalized spacial score (nSPS) is 22.9. The van der Waals surface area contributed by atoms with Gasteiger partial charge in [-0.15, -0.1) is 0 Å². The summed E-state index contributed by atoms with van der Waals surface area (Å²) >= 11 is 0. The highest BCUT2D eigenvalue weighted by atomic mass is 16.5. The fraction of sp³-hybridized carbons (Fsp3) is 0.333. The molecule has 1 aliphatic heterocycles. The highest BCUT2D eigenvalue weighted by molar-refractivity contribution is 6.13. The van der Waals surface area contributed by atoms with Crippen molar-refractivity contribution < 1.29 is 19.1 Å². The summed E-state index contributed by atoms with van der Waals surface area (Å²) < 4.78 is 10.9. The van der Waals surface area contributed by atoms with Crippen molar-refractivity contribution in [2.24, 2.45) is 16.8 Å². The van der Waals surface area contributed by atoms with E-state index in [2.05, 4.69) is 4.98 Å². The number of anilines is 1. The van der Waals surface area contributed by atoms with Crippen molar-refractivity contribution in [2.75, 3.05) is 19.1 Å². The zero-order valence-corrected chi connectivity index (χ0v) is 21.0. The second kappa shape index (κ2) is 9.47. The number of fused-ring (bicyclic) bond motifs is 2. The van der Waals surface area contributed by atoms with Crippen molar-refractivity contribution in [3.63, 3.8) is 0 Å². The van der Waals surface area contributed by atoms with Crippen LogP contribution in [0.5, 0.6) is 11.5 Å². The lowest BCUT2D eigenvalue weighted by atomic mass is 9.72. The Morgan fingerprint density at radius 1 is 0.946 bits per heavy atom. The maximum Gasteiger partial charge on any atom is 0.230 e. The minimum absolute atomic E-state index is 0.00742. The van der Waals surface area contributed by atoms with Crippen LogP contribution in [0.4, 0.5) is 11.4 Å². The van der Waals surface area contributed by atoms with E-state index in [0.29, 0.717) is 24.3 Å². The standard InChI is InChI=1S/C30H29N3O4/c1-36-26-12-11-19(16-27(26)37-2)21-14-23-28(25(34)15-21)29(20-6-5-13-31-17-20)33(30(35)18-9-10-18)24-8-4-3-7-22(24)32-23/h3-8,11-13,16-18,21,28-29H,9-10,14-15H2,1-2H3. The molecule has 188 valence electrons. The average molecular weight is 496 g/mol. The van der Waals surface area contributed by atoms with Gasteiger partial charge in [-0.3, -0.25) is 19.6 Å². The smallest absolute Gasteiger partial charge is 0.230 e. The van der Waals surface area contributed by atoms with Crippen LogP contribution in [0, 0.1) is 11.8 Å². The van der Waals surface area contributed by atoms with E-state index in [9.17, 15) is 9.59 Å². The third-order valence-corrected chi connectivity index (χ3v) is 7.68. The zero-order valence-electron chi connectivity index (χ0n) is 21.0. The molecule has 3 unspecified atom stereocenters. The molecule has 1 amide bonds. The minimum atomic E-state index is -0.532. The summed E-state index contributed by atoms with van der Waals surface area (Å²) in [4.78, 5) is 39.1. The quantitative estimate of drug-likeness (QED) is 0.471. The number of carbonyl (C=O) groups excluding carboxylic acids is 2. The van der Waals surface area contributed by atoms with E-state index in [1.165, 1.54) is 0 Å². The molecule has 2 heterocycles. The van der Waals surface area contributed by atoms with Crippen molar-refractivity contribution >= 4 is 28.8 Å². The van der Waals surface area contributed by atoms with Crippen LogP contribution < -0.4 is 14.4 Å². The SMILES string of the molecule is COc1ccc(C2CC(=O)C3C(=Nc4ccccc4N(C(=O)C4CC4)C3c3cccnc3)C2)cc1OC. The number of hydrogen-bond donors (Lipinski definition) is 0. The number of ether oxygens (including phenoxy) is 2. The van der Waals surface area contributed by atoms with E-state index in [1.54, 1.807) is 26.6 Å². The number of rotatable bonds is 5. The van der Waals surface area contributed by atoms with Crippen LogP contribution in [0.1, 0.15) is 48.8 Å². The van der Waals surface area contributed by atoms with Crippen LogP contribution in [-0.4, -0.2) is 36.6 Å². The van der Waals surface area contributed by atoms with Crippen LogP contribution in [0.2, 0.25) is 0 Å². The summed E-state index contributed by atoms with van der Waals surface area (Å²) in [6.07, 6.45) is 6.22. The van der Waals surface area contributed by atoms with Crippen molar-refractivity contribution in [2.45, 2.75) is 37.6 Å². The second-order valence-electron chi connectivity index (χ2n) is 9.97. The number of para-hydroxylation sites is 2. The molecule has 3 aromatic rings. The van der Waals surface area contributed by atoms with E-state index in [4.69, 9.17) is 14.5 Å². The van der Waals surface area contributed by atoms with Gasteiger partial charge in [-0.05, 0) is 66.6 Å². The second-order valence-corrected chi connectivity index (χ2v) is 9.97. The molecule has 7 heteroatoms. The maximum atomic E-state index is 14.0. The highest BCUT2D eigenvalue weighted by Crippen LogP contribution is 2.49. The van der Waals surface area contributed by atoms with Gasteiger partial charge in [-0.25, -0.2) is 0 Å². The predicted molar refractivity (Wildman–Crippen MR) is 141 cm³/mol. The number of amides is 1. The molecule has 7 nitrogen and oxygen atoms in total. The Labute approximate surface area is 216 Å². The summed E-state index contributed by atoms with van der Waals surface area (Å²) in [6.45, 7) is 0. The van der Waals surface area contributed by atoms with Crippen LogP contribution in [0.15, 0.2) is 72.0 Å². The number of hydrogen-bond acceptors (Lipinski definition) is 6. The Morgan fingerprint density at radius 3 is 2.49 bits per heavy atom. The Morgan fingerprint density at radius 2 is 1.76 bits per heavy atom. The van der Waals surface area contributed by atoms with Gasteiger partial charge < -0.3 is 14.4 Å². The fourth-order valence-electron chi connectivity index (χ4n) is 5.71. The van der Waals surface area contributed by atoms with Crippen molar-refractivity contribution in [3.05, 3.63) is 78.1 Å². The summed E-state index contributed by atoms with van der Waals surface area (Å²) in [5.41, 5.74) is 4.15. The summed E-state index contributed by atoms with van der Waals surface area (Å²) in [5, 5.41) is 0. The number of Topliss-reactive ketones (excluding diaryl/α,β-unsaturated/α-hetero) is 1. The molecule has 37 heavy (non-hydrogen) atoms. The van der Waals surface area contributed by atoms with Gasteiger partial charge in [0.05, 0.1) is 37.6 Å². The number of benzene rings is 2. The van der Waals surface area contributed by atoms with Crippen molar-refractivity contribution in [1.29, 1.82) is 0 Å². The number of aromatic nitrogens is 1. The first-order chi connectivity index (χ1) is 18.1. The van der Waals surface area contributed by atoms with Gasteiger partial charge in [0.25, 0.3) is 0 Å². The first-order valence-electron chi connectivity index (χ1n) is 12.7. The van der Waals surface area contributed by atoms with Crippen LogP contribution in [0.25, 0.3) is 0 Å². The van der Waals surface area contributed by atoms with Crippen molar-refractivity contribution in [1.82, 2.24) is 4.98 Å². The molecule has 0 radical (unpaired) electrons. The molecular formula is C30H29N3O4. The van der Waals surface area contributed by atoms with Crippen LogP contribution >= 0.6 is 0 Å². The number of aliphatic imine (C=N–C) groups is 1. The molecule has 0 saturated heterocycles. The van der Waals surface area contributed by atoms with Gasteiger partial charge in [0.2, 0.25) is 5.91 Å². The summed E-state index contributed by atoms with van der Waals surface area (Å²) in [7, 11) is 3.22.